The van der Waals surface area contributed by atoms with Crippen LogP contribution < -0.4 is 10.6 Å². The number of hydrogen-bond acceptors (Lipinski definition) is 3. The van der Waals surface area contributed by atoms with Gasteiger partial charge in [0.25, 0.3) is 5.91 Å². The molecule has 0 bridgehead atoms. The normalized spacial score (nSPS) is 10.1. The second kappa shape index (κ2) is 7.22. The fourth-order valence-corrected chi connectivity index (χ4v) is 1.87. The Labute approximate surface area is 107 Å². The summed E-state index contributed by atoms with van der Waals surface area (Å²) in [7, 11) is 0. The molecule has 17 heavy (non-hydrogen) atoms. The Balaban J connectivity index is 2.65. The van der Waals surface area contributed by atoms with Crippen LogP contribution in [0.25, 0.3) is 0 Å². The van der Waals surface area contributed by atoms with Gasteiger partial charge in [-0.15, -0.1) is 0 Å². The second-order valence-electron chi connectivity index (χ2n) is 3.81. The van der Waals surface area contributed by atoms with Crippen LogP contribution in [0, 0.1) is 6.92 Å². The average Bonchev–Trinajstić information content (AvgIpc) is 2.32. The maximum Gasteiger partial charge on any atom is 0.251 e. The molecule has 1 rings (SSSR count). The van der Waals surface area contributed by atoms with E-state index in [-0.39, 0.29) is 5.91 Å². The van der Waals surface area contributed by atoms with Crippen molar-refractivity contribution in [2.45, 2.75) is 13.8 Å². The number of carbonyl (C=O) groups excluding carboxylic acids is 1. The van der Waals surface area contributed by atoms with Crippen molar-refractivity contribution in [3.8, 4) is 0 Å². The van der Waals surface area contributed by atoms with Gasteiger partial charge < -0.3 is 10.6 Å². The summed E-state index contributed by atoms with van der Waals surface area (Å²) in [5.41, 5.74) is 2.92. The van der Waals surface area contributed by atoms with Gasteiger partial charge in [-0.05, 0) is 43.9 Å². The molecule has 1 amide bonds. The van der Waals surface area contributed by atoms with E-state index in [0.717, 1.165) is 29.1 Å². The topological polar surface area (TPSA) is 41.1 Å². The second-order valence-corrected chi connectivity index (χ2v) is 4.79. The predicted molar refractivity (Wildman–Crippen MR) is 76.1 cm³/mol. The Morgan fingerprint density at radius 1 is 1.41 bits per heavy atom. The predicted octanol–water partition coefficient (Wildman–Crippen LogP) is 2.52. The molecule has 0 aliphatic heterocycles. The van der Waals surface area contributed by atoms with Crippen LogP contribution in [-0.2, 0) is 0 Å². The molecule has 1 aromatic carbocycles. The minimum absolute atomic E-state index is 0.00481. The van der Waals surface area contributed by atoms with Gasteiger partial charge in [0.1, 0.15) is 0 Å². The van der Waals surface area contributed by atoms with Crippen LogP contribution in [0.4, 0.5) is 5.69 Å². The minimum Gasteiger partial charge on any atom is -0.385 e. The summed E-state index contributed by atoms with van der Waals surface area (Å²) in [4.78, 5) is 11.8. The first-order valence-electron chi connectivity index (χ1n) is 5.80. The van der Waals surface area contributed by atoms with Crippen molar-refractivity contribution in [1.29, 1.82) is 0 Å². The third-order valence-corrected chi connectivity index (χ3v) is 3.06. The molecule has 0 heterocycles. The largest absolute Gasteiger partial charge is 0.385 e. The minimum atomic E-state index is 0.00481. The van der Waals surface area contributed by atoms with E-state index in [9.17, 15) is 4.79 Å². The van der Waals surface area contributed by atoms with E-state index in [1.54, 1.807) is 11.8 Å². The maximum absolute atomic E-state index is 11.8. The van der Waals surface area contributed by atoms with Gasteiger partial charge in [-0.3, -0.25) is 4.79 Å². The van der Waals surface area contributed by atoms with Crippen LogP contribution in [0.2, 0.25) is 0 Å². The van der Waals surface area contributed by atoms with Gasteiger partial charge in [-0.25, -0.2) is 0 Å². The molecular weight excluding hydrogens is 232 g/mol. The number of nitrogens with one attached hydrogen (secondary N) is 2. The zero-order valence-electron chi connectivity index (χ0n) is 10.7. The van der Waals surface area contributed by atoms with Crippen molar-refractivity contribution in [2.75, 3.05) is 30.4 Å². The Bertz CT molecular complexity index is 380. The van der Waals surface area contributed by atoms with Crippen molar-refractivity contribution in [2.24, 2.45) is 0 Å². The number of aryl methyl sites for hydroxylation is 1. The van der Waals surface area contributed by atoms with Crippen LogP contribution in [0.5, 0.6) is 0 Å². The number of rotatable bonds is 6. The van der Waals surface area contributed by atoms with Crippen LogP contribution >= 0.6 is 11.8 Å². The molecule has 94 valence electrons. The number of carbonyl (C=O) groups is 1. The third kappa shape index (κ3) is 4.30. The smallest absolute Gasteiger partial charge is 0.251 e. The van der Waals surface area contributed by atoms with E-state index in [4.69, 9.17) is 0 Å². The molecule has 2 N–H and O–H groups in total. The molecular formula is C13H20N2OS. The van der Waals surface area contributed by atoms with Gasteiger partial charge in [0.15, 0.2) is 0 Å². The van der Waals surface area contributed by atoms with Crippen molar-refractivity contribution >= 4 is 23.4 Å². The summed E-state index contributed by atoms with van der Waals surface area (Å²) >= 11 is 1.73. The number of benzene rings is 1. The Hall–Kier alpha value is -1.16. The molecule has 0 atom stereocenters. The lowest BCUT2D eigenvalue weighted by Crippen LogP contribution is -2.25. The van der Waals surface area contributed by atoms with E-state index in [2.05, 4.69) is 17.6 Å². The van der Waals surface area contributed by atoms with Crippen LogP contribution in [0.1, 0.15) is 22.8 Å². The number of anilines is 1. The first-order chi connectivity index (χ1) is 8.19. The first kappa shape index (κ1) is 13.9. The Morgan fingerprint density at radius 3 is 2.76 bits per heavy atom. The summed E-state index contributed by atoms with van der Waals surface area (Å²) in [6.07, 6.45) is 2.03. The highest BCUT2D eigenvalue weighted by atomic mass is 32.2. The van der Waals surface area contributed by atoms with Crippen molar-refractivity contribution < 1.29 is 4.79 Å². The molecule has 0 spiro atoms. The maximum atomic E-state index is 11.8. The van der Waals surface area contributed by atoms with Crippen molar-refractivity contribution in [3.05, 3.63) is 29.3 Å². The highest BCUT2D eigenvalue weighted by Crippen LogP contribution is 2.16. The summed E-state index contributed by atoms with van der Waals surface area (Å²) in [6, 6.07) is 5.74. The molecule has 0 radical (unpaired) electrons. The third-order valence-electron chi connectivity index (χ3n) is 2.45. The molecule has 0 saturated heterocycles. The molecule has 0 aliphatic carbocycles. The van der Waals surface area contributed by atoms with Gasteiger partial charge in [-0.2, -0.15) is 11.8 Å². The standard InChI is InChI=1S/C13H20N2OS/c1-4-14-12-6-5-11(9-10(12)2)13(16)15-7-8-17-3/h5-6,9,14H,4,7-8H2,1-3H3,(H,15,16). The molecule has 0 aliphatic rings. The van der Waals surface area contributed by atoms with Gasteiger partial charge in [0, 0.05) is 30.1 Å². The van der Waals surface area contributed by atoms with Crippen LogP contribution in [0.15, 0.2) is 18.2 Å². The van der Waals surface area contributed by atoms with E-state index < -0.39 is 0 Å². The highest BCUT2D eigenvalue weighted by Gasteiger charge is 2.06. The van der Waals surface area contributed by atoms with Gasteiger partial charge in [-0.1, -0.05) is 0 Å². The molecule has 0 aromatic heterocycles. The number of thioether (sulfide) groups is 1. The number of amides is 1. The average molecular weight is 252 g/mol. The SMILES string of the molecule is CCNc1ccc(C(=O)NCCSC)cc1C. The van der Waals surface area contributed by atoms with Gasteiger partial charge in [0.2, 0.25) is 0 Å². The van der Waals surface area contributed by atoms with Crippen molar-refractivity contribution in [3.63, 3.8) is 0 Å². The summed E-state index contributed by atoms with van der Waals surface area (Å²) in [6.45, 7) is 5.67. The zero-order chi connectivity index (χ0) is 12.7. The summed E-state index contributed by atoms with van der Waals surface area (Å²) in [5.74, 6) is 0.949. The van der Waals surface area contributed by atoms with E-state index in [1.807, 2.05) is 31.4 Å². The Morgan fingerprint density at radius 2 is 2.18 bits per heavy atom. The van der Waals surface area contributed by atoms with Gasteiger partial charge >= 0.3 is 0 Å². The molecule has 0 fully saturated rings. The van der Waals surface area contributed by atoms with Crippen LogP contribution in [0.3, 0.4) is 0 Å². The molecule has 4 heteroatoms. The lowest BCUT2D eigenvalue weighted by atomic mass is 10.1. The van der Waals surface area contributed by atoms with Gasteiger partial charge in [0.05, 0.1) is 0 Å². The fraction of sp³-hybridized carbons (Fsp3) is 0.462. The van der Waals surface area contributed by atoms with Crippen molar-refractivity contribution in [1.82, 2.24) is 5.32 Å². The number of hydrogen-bond donors (Lipinski definition) is 2. The first-order valence-corrected chi connectivity index (χ1v) is 7.20. The molecule has 0 unspecified atom stereocenters. The molecule has 1 aromatic rings. The fourth-order valence-electron chi connectivity index (χ4n) is 1.56. The zero-order valence-corrected chi connectivity index (χ0v) is 11.5. The highest BCUT2D eigenvalue weighted by molar-refractivity contribution is 7.98. The molecule has 3 nitrogen and oxygen atoms in total. The lowest BCUT2D eigenvalue weighted by Gasteiger charge is -2.09. The Kier molecular flexibility index (Phi) is 5.91. The van der Waals surface area contributed by atoms with E-state index >= 15 is 0 Å². The summed E-state index contributed by atoms with van der Waals surface area (Å²) < 4.78 is 0. The summed E-state index contributed by atoms with van der Waals surface area (Å²) in [5, 5.41) is 6.16. The van der Waals surface area contributed by atoms with Crippen LogP contribution in [-0.4, -0.2) is 31.0 Å². The molecule has 0 saturated carbocycles. The van der Waals surface area contributed by atoms with E-state index in [0.29, 0.717) is 6.54 Å². The monoisotopic (exact) mass is 252 g/mol. The lowest BCUT2D eigenvalue weighted by molar-refractivity contribution is 0.0956. The quantitative estimate of drug-likeness (QED) is 0.764. The van der Waals surface area contributed by atoms with E-state index in [1.165, 1.54) is 0 Å².